The number of nitrogens with zero attached hydrogens (tertiary/aromatic N) is 3. The highest BCUT2D eigenvalue weighted by Gasteiger charge is 2.06. The van der Waals surface area contributed by atoms with E-state index in [1.165, 1.54) is 5.56 Å². The van der Waals surface area contributed by atoms with Gasteiger partial charge in [-0.15, -0.1) is 0 Å². The Morgan fingerprint density at radius 3 is 2.68 bits per heavy atom. The van der Waals surface area contributed by atoms with Crippen molar-refractivity contribution in [3.8, 4) is 0 Å². The smallest absolute Gasteiger partial charge is 0.143 e. The Kier molecular flexibility index (Phi) is 6.09. The van der Waals surface area contributed by atoms with E-state index in [1.807, 2.05) is 35.0 Å². The first-order valence-electron chi connectivity index (χ1n) is 7.82. The lowest BCUT2D eigenvalue weighted by atomic mass is 10.1. The molecule has 0 bridgehead atoms. The second-order valence-corrected chi connectivity index (χ2v) is 6.41. The number of halogens is 2. The molecule has 2 aromatic carbocycles. The van der Waals surface area contributed by atoms with Crippen LogP contribution in [0.1, 0.15) is 11.1 Å². The fourth-order valence-corrected chi connectivity index (χ4v) is 2.83. The molecule has 0 atom stereocenters. The largest absolute Gasteiger partial charge is 0.391 e. The van der Waals surface area contributed by atoms with Gasteiger partial charge in [0.25, 0.3) is 0 Å². The van der Waals surface area contributed by atoms with Gasteiger partial charge >= 0.3 is 0 Å². The standard InChI is InChI=1S/C19H17Cl2N3O/c20-17-7-6-16(19(21)11-17)13-25-23-18(12-24-9-8-22-14-24)10-15-4-2-1-3-5-15/h1-9,11,14H,10,12-13H2. The Bertz CT molecular complexity index is 833. The van der Waals surface area contributed by atoms with E-state index in [4.69, 9.17) is 28.0 Å². The first kappa shape index (κ1) is 17.5. The third-order valence-electron chi connectivity index (χ3n) is 3.60. The van der Waals surface area contributed by atoms with Crippen LogP contribution in [-0.2, 0) is 24.4 Å². The van der Waals surface area contributed by atoms with Crippen molar-refractivity contribution in [1.29, 1.82) is 0 Å². The molecule has 0 amide bonds. The molecule has 0 saturated carbocycles. The number of oxime groups is 1. The van der Waals surface area contributed by atoms with Gasteiger partial charge < -0.3 is 9.40 Å². The Morgan fingerprint density at radius 2 is 1.96 bits per heavy atom. The molecule has 0 aliphatic heterocycles. The summed E-state index contributed by atoms with van der Waals surface area (Å²) in [6, 6.07) is 15.5. The zero-order valence-corrected chi connectivity index (χ0v) is 15.0. The summed E-state index contributed by atoms with van der Waals surface area (Å²) in [6.45, 7) is 0.904. The van der Waals surface area contributed by atoms with Crippen LogP contribution in [0.4, 0.5) is 0 Å². The predicted octanol–water partition coefficient (Wildman–Crippen LogP) is 5.01. The van der Waals surface area contributed by atoms with Crippen LogP contribution in [0.15, 0.2) is 72.4 Å². The monoisotopic (exact) mass is 373 g/mol. The summed E-state index contributed by atoms with van der Waals surface area (Å²) in [4.78, 5) is 9.62. The highest BCUT2D eigenvalue weighted by molar-refractivity contribution is 6.35. The number of rotatable bonds is 7. The van der Waals surface area contributed by atoms with Crippen molar-refractivity contribution in [2.45, 2.75) is 19.6 Å². The fourth-order valence-electron chi connectivity index (χ4n) is 2.37. The molecule has 1 aromatic heterocycles. The van der Waals surface area contributed by atoms with Gasteiger partial charge in [0.2, 0.25) is 0 Å². The van der Waals surface area contributed by atoms with Gasteiger partial charge in [0, 0.05) is 34.4 Å². The van der Waals surface area contributed by atoms with Crippen molar-refractivity contribution >= 4 is 28.9 Å². The highest BCUT2D eigenvalue weighted by atomic mass is 35.5. The van der Waals surface area contributed by atoms with Gasteiger partial charge in [-0.25, -0.2) is 4.98 Å². The average molecular weight is 374 g/mol. The zero-order valence-electron chi connectivity index (χ0n) is 13.5. The van der Waals surface area contributed by atoms with E-state index < -0.39 is 0 Å². The van der Waals surface area contributed by atoms with Gasteiger partial charge in [0.15, 0.2) is 0 Å². The Morgan fingerprint density at radius 1 is 1.12 bits per heavy atom. The SMILES string of the molecule is Clc1ccc(CON=C(Cc2ccccc2)Cn2ccnc2)c(Cl)c1. The summed E-state index contributed by atoms with van der Waals surface area (Å²) >= 11 is 12.1. The van der Waals surface area contributed by atoms with Gasteiger partial charge in [-0.2, -0.15) is 0 Å². The molecule has 128 valence electrons. The van der Waals surface area contributed by atoms with Crippen molar-refractivity contribution in [2.24, 2.45) is 5.16 Å². The van der Waals surface area contributed by atoms with Crippen LogP contribution < -0.4 is 0 Å². The maximum absolute atomic E-state index is 6.16. The Balaban J connectivity index is 1.70. The molecule has 6 heteroatoms. The van der Waals surface area contributed by atoms with Crippen LogP contribution >= 0.6 is 23.2 Å². The molecule has 0 saturated heterocycles. The molecule has 0 aliphatic rings. The van der Waals surface area contributed by atoms with Gasteiger partial charge in [0.1, 0.15) is 6.61 Å². The van der Waals surface area contributed by atoms with Crippen LogP contribution in [0.2, 0.25) is 10.0 Å². The van der Waals surface area contributed by atoms with Crippen LogP contribution in [0, 0.1) is 0 Å². The molecular formula is C19H17Cl2N3O. The highest BCUT2D eigenvalue weighted by Crippen LogP contribution is 2.21. The van der Waals surface area contributed by atoms with Crippen LogP contribution in [-0.4, -0.2) is 15.3 Å². The van der Waals surface area contributed by atoms with Crippen LogP contribution in [0.25, 0.3) is 0 Å². The van der Waals surface area contributed by atoms with Crippen molar-refractivity contribution in [1.82, 2.24) is 9.55 Å². The van der Waals surface area contributed by atoms with Gasteiger partial charge in [0.05, 0.1) is 18.6 Å². The maximum atomic E-state index is 6.16. The fraction of sp³-hybridized carbons (Fsp3) is 0.158. The number of aromatic nitrogens is 2. The van der Waals surface area contributed by atoms with E-state index in [0.29, 0.717) is 23.0 Å². The average Bonchev–Trinajstić information content (AvgIpc) is 3.11. The first-order valence-corrected chi connectivity index (χ1v) is 8.57. The lowest BCUT2D eigenvalue weighted by Crippen LogP contribution is -2.12. The Labute approximate surface area is 156 Å². The second-order valence-electron chi connectivity index (χ2n) is 5.56. The molecule has 3 rings (SSSR count). The minimum absolute atomic E-state index is 0.290. The normalized spacial score (nSPS) is 11.5. The summed E-state index contributed by atoms with van der Waals surface area (Å²) < 4.78 is 1.96. The van der Waals surface area contributed by atoms with E-state index in [9.17, 15) is 0 Å². The number of hydrogen-bond donors (Lipinski definition) is 0. The zero-order chi connectivity index (χ0) is 17.5. The van der Waals surface area contributed by atoms with Crippen LogP contribution in [0.5, 0.6) is 0 Å². The van der Waals surface area contributed by atoms with Crippen molar-refractivity contribution in [2.75, 3.05) is 0 Å². The molecule has 0 spiro atoms. The van der Waals surface area contributed by atoms with Crippen molar-refractivity contribution < 1.29 is 4.84 Å². The Hall–Kier alpha value is -2.30. The molecule has 4 nitrogen and oxygen atoms in total. The predicted molar refractivity (Wildman–Crippen MR) is 101 cm³/mol. The van der Waals surface area contributed by atoms with Crippen molar-refractivity contribution in [3.63, 3.8) is 0 Å². The lowest BCUT2D eigenvalue weighted by molar-refractivity contribution is 0.129. The molecule has 25 heavy (non-hydrogen) atoms. The lowest BCUT2D eigenvalue weighted by Gasteiger charge is -2.09. The minimum atomic E-state index is 0.290. The molecule has 3 aromatic rings. The number of imidazole rings is 1. The topological polar surface area (TPSA) is 39.4 Å². The summed E-state index contributed by atoms with van der Waals surface area (Å²) in [5, 5.41) is 5.50. The molecule has 0 aliphatic carbocycles. The van der Waals surface area contributed by atoms with Crippen LogP contribution in [0.3, 0.4) is 0 Å². The molecule has 0 radical (unpaired) electrons. The molecular weight excluding hydrogens is 357 g/mol. The summed E-state index contributed by atoms with van der Waals surface area (Å²) in [5.41, 5.74) is 2.92. The quantitative estimate of drug-likeness (QED) is 0.431. The third-order valence-corrected chi connectivity index (χ3v) is 4.19. The first-order chi connectivity index (χ1) is 12.2. The second kappa shape index (κ2) is 8.70. The molecule has 1 heterocycles. The molecule has 0 unspecified atom stereocenters. The maximum Gasteiger partial charge on any atom is 0.143 e. The van der Waals surface area contributed by atoms with E-state index in [2.05, 4.69) is 22.3 Å². The molecule has 0 fully saturated rings. The summed E-state index contributed by atoms with van der Waals surface area (Å²) in [5.74, 6) is 0. The summed E-state index contributed by atoms with van der Waals surface area (Å²) in [6.07, 6.45) is 6.11. The number of benzene rings is 2. The van der Waals surface area contributed by atoms with E-state index in [0.717, 1.165) is 11.3 Å². The van der Waals surface area contributed by atoms with Crippen molar-refractivity contribution in [3.05, 3.63) is 88.4 Å². The van der Waals surface area contributed by atoms with E-state index in [-0.39, 0.29) is 6.61 Å². The minimum Gasteiger partial charge on any atom is -0.391 e. The number of hydrogen-bond acceptors (Lipinski definition) is 3. The van der Waals surface area contributed by atoms with E-state index in [1.54, 1.807) is 24.7 Å². The van der Waals surface area contributed by atoms with Gasteiger partial charge in [-0.1, -0.05) is 64.8 Å². The van der Waals surface area contributed by atoms with Gasteiger partial charge in [-0.05, 0) is 17.7 Å². The van der Waals surface area contributed by atoms with E-state index >= 15 is 0 Å². The molecule has 0 N–H and O–H groups in total. The van der Waals surface area contributed by atoms with Gasteiger partial charge in [-0.3, -0.25) is 0 Å². The summed E-state index contributed by atoms with van der Waals surface area (Å²) in [7, 11) is 0. The third kappa shape index (κ3) is 5.34.